The third-order valence-corrected chi connectivity index (χ3v) is 4.30. The fourth-order valence-electron chi connectivity index (χ4n) is 3.05. The molecule has 1 aromatic heterocycles. The number of halogens is 1. The average molecular weight is 360 g/mol. The molecule has 0 saturated carbocycles. The quantitative estimate of drug-likeness (QED) is 0.535. The normalized spacial score (nSPS) is 10.9. The molecule has 0 aliphatic carbocycles. The van der Waals surface area contributed by atoms with Gasteiger partial charge in [0.1, 0.15) is 11.6 Å². The zero-order valence-corrected chi connectivity index (χ0v) is 14.7. The lowest BCUT2D eigenvalue weighted by atomic mass is 10.1. The first-order chi connectivity index (χ1) is 13.2. The van der Waals surface area contributed by atoms with Gasteiger partial charge in [-0.25, -0.2) is 9.37 Å². The zero-order chi connectivity index (χ0) is 18.8. The highest BCUT2D eigenvalue weighted by Gasteiger charge is 2.16. The lowest BCUT2D eigenvalue weighted by Crippen LogP contribution is -2.22. The Morgan fingerprint density at radius 3 is 2.41 bits per heavy atom. The van der Waals surface area contributed by atoms with Crippen LogP contribution in [0.4, 0.5) is 4.39 Å². The van der Waals surface area contributed by atoms with Crippen molar-refractivity contribution in [2.24, 2.45) is 0 Å². The highest BCUT2D eigenvalue weighted by Crippen LogP contribution is 2.25. The number of benzene rings is 3. The molecule has 5 heteroatoms. The van der Waals surface area contributed by atoms with E-state index in [1.807, 2.05) is 6.92 Å². The van der Waals surface area contributed by atoms with Crippen molar-refractivity contribution in [3.8, 4) is 22.8 Å². The number of para-hydroxylation sites is 1. The van der Waals surface area contributed by atoms with Crippen molar-refractivity contribution in [1.82, 2.24) is 9.55 Å². The maximum Gasteiger partial charge on any atom is 0.266 e. The van der Waals surface area contributed by atoms with Gasteiger partial charge in [-0.05, 0) is 55.5 Å². The van der Waals surface area contributed by atoms with E-state index in [9.17, 15) is 9.18 Å². The van der Waals surface area contributed by atoms with Crippen molar-refractivity contribution in [1.29, 1.82) is 0 Å². The second kappa shape index (κ2) is 7.03. The lowest BCUT2D eigenvalue weighted by molar-refractivity contribution is 0.340. The number of fused-ring (bicyclic) bond motifs is 1. The molecular formula is C22H17FN2O2. The van der Waals surface area contributed by atoms with Gasteiger partial charge < -0.3 is 4.74 Å². The molecule has 0 aliphatic rings. The fraction of sp³-hybridized carbons (Fsp3) is 0.0909. The molecule has 0 saturated heterocycles. The maximum atomic E-state index is 14.5. The SMILES string of the molecule is CCOc1ccc(-n2c(-c3ccccc3F)nc3ccccc3c2=O)cc1. The second-order valence-corrected chi connectivity index (χ2v) is 6.00. The van der Waals surface area contributed by atoms with Gasteiger partial charge >= 0.3 is 0 Å². The first-order valence-corrected chi connectivity index (χ1v) is 8.69. The van der Waals surface area contributed by atoms with E-state index in [4.69, 9.17) is 4.74 Å². The molecule has 0 radical (unpaired) electrons. The van der Waals surface area contributed by atoms with Gasteiger partial charge in [0.2, 0.25) is 0 Å². The Kier molecular flexibility index (Phi) is 4.42. The molecule has 0 spiro atoms. The number of aromatic nitrogens is 2. The summed E-state index contributed by atoms with van der Waals surface area (Å²) in [6, 6.07) is 20.5. The van der Waals surface area contributed by atoms with Crippen molar-refractivity contribution in [3.05, 3.63) is 89.0 Å². The highest BCUT2D eigenvalue weighted by atomic mass is 19.1. The molecule has 0 N–H and O–H groups in total. The minimum atomic E-state index is -0.431. The molecular weight excluding hydrogens is 343 g/mol. The van der Waals surface area contributed by atoms with Crippen LogP contribution in [0.2, 0.25) is 0 Å². The van der Waals surface area contributed by atoms with Gasteiger partial charge in [0.15, 0.2) is 5.82 Å². The van der Waals surface area contributed by atoms with Crippen LogP contribution in [0.3, 0.4) is 0 Å². The van der Waals surface area contributed by atoms with Gasteiger partial charge in [0, 0.05) is 0 Å². The van der Waals surface area contributed by atoms with E-state index in [-0.39, 0.29) is 16.9 Å². The van der Waals surface area contributed by atoms with Crippen LogP contribution in [0.5, 0.6) is 5.75 Å². The van der Waals surface area contributed by atoms with Gasteiger partial charge in [0.05, 0.1) is 28.8 Å². The Balaban J connectivity index is 2.03. The Morgan fingerprint density at radius 2 is 1.67 bits per heavy atom. The van der Waals surface area contributed by atoms with Crippen molar-refractivity contribution < 1.29 is 9.13 Å². The molecule has 134 valence electrons. The first kappa shape index (κ1) is 17.0. The standard InChI is InChI=1S/C22H17FN2O2/c1-2-27-16-13-11-15(12-14-16)25-21(17-7-3-5-9-19(17)23)24-20-10-6-4-8-18(20)22(25)26/h3-14H,2H2,1H3. The van der Waals surface area contributed by atoms with E-state index in [0.717, 1.165) is 0 Å². The van der Waals surface area contributed by atoms with E-state index in [1.165, 1.54) is 10.6 Å². The molecule has 27 heavy (non-hydrogen) atoms. The lowest BCUT2D eigenvalue weighted by Gasteiger charge is -2.15. The van der Waals surface area contributed by atoms with Crippen LogP contribution in [0.25, 0.3) is 28.0 Å². The molecule has 3 aromatic carbocycles. The molecule has 0 bridgehead atoms. The van der Waals surface area contributed by atoms with E-state index in [0.29, 0.717) is 28.9 Å². The summed E-state index contributed by atoms with van der Waals surface area (Å²) in [5.41, 5.74) is 1.15. The van der Waals surface area contributed by atoms with Gasteiger partial charge in [-0.1, -0.05) is 24.3 Å². The summed E-state index contributed by atoms with van der Waals surface area (Å²) in [4.78, 5) is 17.8. The van der Waals surface area contributed by atoms with E-state index in [1.54, 1.807) is 66.7 Å². The van der Waals surface area contributed by atoms with Crippen LogP contribution < -0.4 is 10.3 Å². The van der Waals surface area contributed by atoms with Gasteiger partial charge in [-0.3, -0.25) is 9.36 Å². The number of hydrogen-bond acceptors (Lipinski definition) is 3. The molecule has 0 fully saturated rings. The number of rotatable bonds is 4. The Bertz CT molecular complexity index is 1170. The summed E-state index contributed by atoms with van der Waals surface area (Å²) in [6.07, 6.45) is 0. The summed E-state index contributed by atoms with van der Waals surface area (Å²) in [7, 11) is 0. The smallest absolute Gasteiger partial charge is 0.266 e. The largest absolute Gasteiger partial charge is 0.494 e. The van der Waals surface area contributed by atoms with Gasteiger partial charge in [-0.15, -0.1) is 0 Å². The van der Waals surface area contributed by atoms with E-state index >= 15 is 0 Å². The molecule has 4 aromatic rings. The number of nitrogens with zero attached hydrogens (tertiary/aromatic N) is 2. The Morgan fingerprint density at radius 1 is 0.963 bits per heavy atom. The highest BCUT2D eigenvalue weighted by molar-refractivity contribution is 5.80. The molecule has 1 heterocycles. The molecule has 0 atom stereocenters. The van der Waals surface area contributed by atoms with Gasteiger partial charge in [0.25, 0.3) is 5.56 Å². The monoisotopic (exact) mass is 360 g/mol. The average Bonchev–Trinajstić information content (AvgIpc) is 2.69. The van der Waals surface area contributed by atoms with Crippen molar-refractivity contribution in [2.75, 3.05) is 6.61 Å². The molecule has 0 unspecified atom stereocenters. The third-order valence-electron chi connectivity index (χ3n) is 4.30. The Labute approximate surface area is 155 Å². The van der Waals surface area contributed by atoms with E-state index < -0.39 is 5.82 Å². The first-order valence-electron chi connectivity index (χ1n) is 8.69. The fourth-order valence-corrected chi connectivity index (χ4v) is 3.05. The third kappa shape index (κ3) is 3.08. The van der Waals surface area contributed by atoms with Crippen LogP contribution in [-0.4, -0.2) is 16.2 Å². The summed E-state index contributed by atoms with van der Waals surface area (Å²) in [6.45, 7) is 2.46. The molecule has 4 rings (SSSR count). The molecule has 0 aliphatic heterocycles. The van der Waals surface area contributed by atoms with Crippen molar-refractivity contribution in [3.63, 3.8) is 0 Å². The van der Waals surface area contributed by atoms with Crippen LogP contribution in [-0.2, 0) is 0 Å². The molecule has 0 amide bonds. The van der Waals surface area contributed by atoms with Gasteiger partial charge in [-0.2, -0.15) is 0 Å². The number of hydrogen-bond donors (Lipinski definition) is 0. The van der Waals surface area contributed by atoms with Crippen LogP contribution in [0, 0.1) is 5.82 Å². The topological polar surface area (TPSA) is 44.1 Å². The maximum absolute atomic E-state index is 14.5. The van der Waals surface area contributed by atoms with Crippen LogP contribution in [0.15, 0.2) is 77.6 Å². The number of ether oxygens (including phenoxy) is 1. The zero-order valence-electron chi connectivity index (χ0n) is 14.7. The Hall–Kier alpha value is -3.47. The van der Waals surface area contributed by atoms with Crippen molar-refractivity contribution >= 4 is 10.9 Å². The molecule has 4 nitrogen and oxygen atoms in total. The summed E-state index contributed by atoms with van der Waals surface area (Å²) in [5.74, 6) is 0.538. The van der Waals surface area contributed by atoms with Crippen LogP contribution in [0.1, 0.15) is 6.92 Å². The predicted molar refractivity (Wildman–Crippen MR) is 104 cm³/mol. The van der Waals surface area contributed by atoms with Crippen molar-refractivity contribution in [2.45, 2.75) is 6.92 Å². The minimum absolute atomic E-state index is 0.247. The minimum Gasteiger partial charge on any atom is -0.494 e. The summed E-state index contributed by atoms with van der Waals surface area (Å²) < 4.78 is 21.4. The summed E-state index contributed by atoms with van der Waals surface area (Å²) >= 11 is 0. The second-order valence-electron chi connectivity index (χ2n) is 6.00. The predicted octanol–water partition coefficient (Wildman–Crippen LogP) is 4.59. The van der Waals surface area contributed by atoms with E-state index in [2.05, 4.69) is 4.98 Å². The summed E-state index contributed by atoms with van der Waals surface area (Å²) in [5, 5.41) is 0.478. The van der Waals surface area contributed by atoms with Crippen LogP contribution >= 0.6 is 0 Å².